The topological polar surface area (TPSA) is 61.0 Å². The molecule has 5 heteroatoms. The van der Waals surface area contributed by atoms with Gasteiger partial charge in [0.2, 0.25) is 0 Å². The molecule has 0 amide bonds. The van der Waals surface area contributed by atoms with Crippen molar-refractivity contribution in [3.8, 4) is 5.75 Å². The van der Waals surface area contributed by atoms with Crippen molar-refractivity contribution in [2.24, 2.45) is 0 Å². The van der Waals surface area contributed by atoms with Crippen LogP contribution in [0, 0.1) is 6.92 Å². The molecule has 0 radical (unpaired) electrons. The molecule has 88 valence electrons. The van der Waals surface area contributed by atoms with Crippen molar-refractivity contribution in [2.75, 3.05) is 12.8 Å². The molecule has 0 unspecified atom stereocenters. The smallest absolute Gasteiger partial charge is 0.192 e. The van der Waals surface area contributed by atoms with E-state index in [9.17, 15) is 0 Å². The minimum atomic E-state index is 0.665. The zero-order chi connectivity index (χ0) is 12.3. The Labute approximate surface area is 104 Å². The van der Waals surface area contributed by atoms with E-state index < -0.39 is 0 Å². The van der Waals surface area contributed by atoms with Gasteiger partial charge in [0.15, 0.2) is 5.16 Å². The van der Waals surface area contributed by atoms with Crippen molar-refractivity contribution in [2.45, 2.75) is 17.0 Å². The van der Waals surface area contributed by atoms with Crippen LogP contribution in [-0.4, -0.2) is 17.1 Å². The van der Waals surface area contributed by atoms with Crippen LogP contribution in [0.15, 0.2) is 40.6 Å². The highest BCUT2D eigenvalue weighted by molar-refractivity contribution is 7.99. The van der Waals surface area contributed by atoms with Gasteiger partial charge in [0, 0.05) is 29.0 Å². The average molecular weight is 247 g/mol. The van der Waals surface area contributed by atoms with Gasteiger partial charge in [-0.1, -0.05) is 0 Å². The summed E-state index contributed by atoms with van der Waals surface area (Å²) >= 11 is 1.44. The van der Waals surface area contributed by atoms with E-state index in [0.29, 0.717) is 10.8 Å². The number of hydrogen-bond donors (Lipinski definition) is 1. The van der Waals surface area contributed by atoms with E-state index in [0.717, 1.165) is 16.2 Å². The Morgan fingerprint density at radius 2 is 1.94 bits per heavy atom. The van der Waals surface area contributed by atoms with Crippen molar-refractivity contribution >= 4 is 17.4 Å². The molecule has 0 aliphatic heterocycles. The van der Waals surface area contributed by atoms with Gasteiger partial charge < -0.3 is 10.5 Å². The number of nitrogens with zero attached hydrogens (tertiary/aromatic N) is 2. The van der Waals surface area contributed by atoms with Crippen molar-refractivity contribution in [3.63, 3.8) is 0 Å². The van der Waals surface area contributed by atoms with Crippen LogP contribution in [0.1, 0.15) is 5.56 Å². The maximum absolute atomic E-state index is 5.92. The van der Waals surface area contributed by atoms with Gasteiger partial charge in [-0.15, -0.1) is 0 Å². The van der Waals surface area contributed by atoms with E-state index in [1.807, 2.05) is 19.1 Å². The first-order chi connectivity index (χ1) is 8.19. The lowest BCUT2D eigenvalue weighted by atomic mass is 10.3. The zero-order valence-electron chi connectivity index (χ0n) is 9.68. The molecule has 17 heavy (non-hydrogen) atoms. The number of benzene rings is 1. The van der Waals surface area contributed by atoms with Crippen molar-refractivity contribution in [1.29, 1.82) is 0 Å². The number of nitrogens with two attached hydrogens (primary N) is 1. The van der Waals surface area contributed by atoms with E-state index in [1.165, 1.54) is 11.8 Å². The molecule has 0 bridgehead atoms. The summed E-state index contributed by atoms with van der Waals surface area (Å²) in [4.78, 5) is 9.37. The van der Waals surface area contributed by atoms with Gasteiger partial charge in [0.25, 0.3) is 0 Å². The third-order valence-corrected chi connectivity index (χ3v) is 3.16. The molecule has 0 saturated carbocycles. The van der Waals surface area contributed by atoms with Gasteiger partial charge in [-0.25, -0.2) is 9.97 Å². The highest BCUT2D eigenvalue weighted by atomic mass is 32.2. The third kappa shape index (κ3) is 2.88. The number of aryl methyl sites for hydroxylation is 1. The normalized spacial score (nSPS) is 10.2. The summed E-state index contributed by atoms with van der Waals surface area (Å²) in [6, 6.07) is 5.56. The number of methoxy groups -OCH3 is 1. The largest absolute Gasteiger partial charge is 0.497 e. The molecule has 0 saturated heterocycles. The van der Waals surface area contributed by atoms with Crippen LogP contribution in [0.5, 0.6) is 5.75 Å². The highest BCUT2D eigenvalue weighted by Gasteiger charge is 2.05. The molecule has 2 N–H and O–H groups in total. The molecule has 0 spiro atoms. The van der Waals surface area contributed by atoms with E-state index in [-0.39, 0.29) is 0 Å². The molecule has 0 aliphatic rings. The monoisotopic (exact) mass is 247 g/mol. The van der Waals surface area contributed by atoms with Crippen molar-refractivity contribution < 1.29 is 4.74 Å². The van der Waals surface area contributed by atoms with Gasteiger partial charge in [-0.05, 0) is 36.4 Å². The number of anilines is 1. The number of hydrogen-bond acceptors (Lipinski definition) is 5. The van der Waals surface area contributed by atoms with E-state index in [2.05, 4.69) is 9.97 Å². The Morgan fingerprint density at radius 1 is 1.24 bits per heavy atom. The van der Waals surface area contributed by atoms with Gasteiger partial charge >= 0.3 is 0 Å². The van der Waals surface area contributed by atoms with Crippen LogP contribution in [0.25, 0.3) is 0 Å². The quantitative estimate of drug-likeness (QED) is 0.667. The lowest BCUT2D eigenvalue weighted by Gasteiger charge is -2.06. The SMILES string of the molecule is COc1ccc(Sc2ncc(C)cn2)c(N)c1. The number of aromatic nitrogens is 2. The summed E-state index contributed by atoms with van der Waals surface area (Å²) in [5.41, 5.74) is 7.62. The van der Waals surface area contributed by atoms with Crippen LogP contribution in [-0.2, 0) is 0 Å². The fourth-order valence-electron chi connectivity index (χ4n) is 1.28. The Balaban J connectivity index is 2.21. The number of ether oxygens (including phenoxy) is 1. The first-order valence-corrected chi connectivity index (χ1v) is 5.90. The molecule has 0 fully saturated rings. The number of nitrogen functional groups attached to an aromatic ring is 1. The van der Waals surface area contributed by atoms with Crippen LogP contribution in [0.2, 0.25) is 0 Å². The Bertz CT molecular complexity index is 514. The molecule has 2 rings (SSSR count). The molecular formula is C12H13N3OS. The number of rotatable bonds is 3. The molecule has 2 aromatic rings. The molecule has 1 heterocycles. The minimum Gasteiger partial charge on any atom is -0.497 e. The van der Waals surface area contributed by atoms with E-state index in [4.69, 9.17) is 10.5 Å². The fourth-order valence-corrected chi connectivity index (χ4v) is 2.00. The summed E-state index contributed by atoms with van der Waals surface area (Å²) in [6.45, 7) is 1.95. The molecule has 0 atom stereocenters. The van der Waals surface area contributed by atoms with Crippen LogP contribution >= 0.6 is 11.8 Å². The summed E-state index contributed by atoms with van der Waals surface area (Å²) in [7, 11) is 1.62. The second-order valence-electron chi connectivity index (χ2n) is 3.55. The molecular weight excluding hydrogens is 234 g/mol. The average Bonchev–Trinajstić information content (AvgIpc) is 2.34. The minimum absolute atomic E-state index is 0.665. The van der Waals surface area contributed by atoms with E-state index >= 15 is 0 Å². The second-order valence-corrected chi connectivity index (χ2v) is 4.56. The predicted molar refractivity (Wildman–Crippen MR) is 68.3 cm³/mol. The van der Waals surface area contributed by atoms with Gasteiger partial charge in [0.1, 0.15) is 5.75 Å². The Kier molecular flexibility index (Phi) is 3.49. The molecule has 1 aromatic carbocycles. The Morgan fingerprint density at radius 3 is 2.53 bits per heavy atom. The standard InChI is InChI=1S/C12H13N3OS/c1-8-6-14-12(15-7-8)17-11-4-3-9(16-2)5-10(11)13/h3-7H,13H2,1-2H3. The lowest BCUT2D eigenvalue weighted by Crippen LogP contribution is -1.92. The first-order valence-electron chi connectivity index (χ1n) is 5.09. The molecule has 4 nitrogen and oxygen atoms in total. The third-order valence-electron chi connectivity index (χ3n) is 2.18. The fraction of sp³-hybridized carbons (Fsp3) is 0.167. The van der Waals surface area contributed by atoms with Gasteiger partial charge in [-0.3, -0.25) is 0 Å². The molecule has 0 aliphatic carbocycles. The maximum atomic E-state index is 5.92. The Hall–Kier alpha value is -1.75. The second kappa shape index (κ2) is 5.05. The van der Waals surface area contributed by atoms with Crippen LogP contribution in [0.3, 0.4) is 0 Å². The summed E-state index contributed by atoms with van der Waals surface area (Å²) in [5, 5.41) is 0.687. The zero-order valence-corrected chi connectivity index (χ0v) is 10.5. The predicted octanol–water partition coefficient (Wildman–Crippen LogP) is 2.53. The maximum Gasteiger partial charge on any atom is 0.192 e. The van der Waals surface area contributed by atoms with Crippen LogP contribution < -0.4 is 10.5 Å². The molecule has 1 aromatic heterocycles. The van der Waals surface area contributed by atoms with Crippen LogP contribution in [0.4, 0.5) is 5.69 Å². The van der Waals surface area contributed by atoms with E-state index in [1.54, 1.807) is 25.6 Å². The van der Waals surface area contributed by atoms with Gasteiger partial charge in [-0.2, -0.15) is 0 Å². The van der Waals surface area contributed by atoms with Crippen molar-refractivity contribution in [1.82, 2.24) is 9.97 Å². The first kappa shape index (κ1) is 11.7. The summed E-state index contributed by atoms with van der Waals surface area (Å²) < 4.78 is 5.10. The summed E-state index contributed by atoms with van der Waals surface area (Å²) in [5.74, 6) is 0.747. The lowest BCUT2D eigenvalue weighted by molar-refractivity contribution is 0.415. The summed E-state index contributed by atoms with van der Waals surface area (Å²) in [6.07, 6.45) is 3.57. The van der Waals surface area contributed by atoms with Gasteiger partial charge in [0.05, 0.1) is 7.11 Å². The highest BCUT2D eigenvalue weighted by Crippen LogP contribution is 2.31. The van der Waals surface area contributed by atoms with Crippen molar-refractivity contribution in [3.05, 3.63) is 36.2 Å².